The molecule has 2 aliphatic heterocycles. The van der Waals surface area contributed by atoms with Gasteiger partial charge in [0.25, 0.3) is 0 Å². The van der Waals surface area contributed by atoms with Gasteiger partial charge < -0.3 is 9.47 Å². The third-order valence-corrected chi connectivity index (χ3v) is 5.49. The van der Waals surface area contributed by atoms with Gasteiger partial charge in [-0.1, -0.05) is 35.9 Å². The molecule has 0 fully saturated rings. The fourth-order valence-electron chi connectivity index (χ4n) is 3.93. The van der Waals surface area contributed by atoms with E-state index in [9.17, 15) is 4.79 Å². The molecule has 0 radical (unpaired) electrons. The zero-order valence-electron chi connectivity index (χ0n) is 17.0. The Balaban J connectivity index is 1.43. The van der Waals surface area contributed by atoms with Gasteiger partial charge in [-0.15, -0.1) is 0 Å². The lowest BCUT2D eigenvalue weighted by molar-refractivity contribution is 0.0865. The maximum absolute atomic E-state index is 13.0. The largest absolute Gasteiger partial charge is 0.477 e. The SMILES string of the molecule is Cc1ccc(/C=C2\Oc3c(cc4c(c3C)OCN(Cc3ccccn3)C4)C2=O)cc1. The Bertz CT molecular complexity index is 1150. The van der Waals surface area contributed by atoms with Gasteiger partial charge in [0.15, 0.2) is 5.76 Å². The van der Waals surface area contributed by atoms with E-state index in [0.29, 0.717) is 36.9 Å². The second-order valence-electron chi connectivity index (χ2n) is 7.80. The molecule has 0 amide bonds. The maximum atomic E-state index is 13.0. The number of carbonyl (C=O) groups excluding carboxylic acids is 1. The number of nitrogens with zero attached hydrogens (tertiary/aromatic N) is 2. The van der Waals surface area contributed by atoms with Crippen LogP contribution in [-0.2, 0) is 13.1 Å². The molecule has 0 atom stereocenters. The molecule has 0 N–H and O–H groups in total. The summed E-state index contributed by atoms with van der Waals surface area (Å²) >= 11 is 0. The second kappa shape index (κ2) is 7.43. The van der Waals surface area contributed by atoms with Gasteiger partial charge in [0, 0.05) is 30.4 Å². The summed E-state index contributed by atoms with van der Waals surface area (Å²) in [7, 11) is 0. The normalized spacial score (nSPS) is 16.7. The lowest BCUT2D eigenvalue weighted by Crippen LogP contribution is -2.32. The number of aryl methyl sites for hydroxylation is 1. The number of fused-ring (bicyclic) bond motifs is 2. The number of ether oxygens (including phenoxy) is 2. The van der Waals surface area contributed by atoms with Gasteiger partial charge in [-0.25, -0.2) is 0 Å². The van der Waals surface area contributed by atoms with E-state index in [1.165, 1.54) is 5.56 Å². The smallest absolute Gasteiger partial charge is 0.231 e. The van der Waals surface area contributed by atoms with Crippen molar-refractivity contribution in [3.05, 3.63) is 94.0 Å². The first kappa shape index (κ1) is 18.6. The van der Waals surface area contributed by atoms with Gasteiger partial charge in [0.2, 0.25) is 5.78 Å². The van der Waals surface area contributed by atoms with Crippen molar-refractivity contribution in [2.45, 2.75) is 26.9 Å². The number of pyridine rings is 1. The summed E-state index contributed by atoms with van der Waals surface area (Å²) in [6.45, 7) is 5.86. The average Bonchev–Trinajstić information content (AvgIpc) is 3.06. The summed E-state index contributed by atoms with van der Waals surface area (Å²) in [5.74, 6) is 1.69. The average molecular weight is 398 g/mol. The fraction of sp³-hybridized carbons (Fsp3) is 0.200. The van der Waals surface area contributed by atoms with Crippen molar-refractivity contribution in [3.8, 4) is 11.5 Å². The van der Waals surface area contributed by atoms with E-state index in [0.717, 1.165) is 28.1 Å². The van der Waals surface area contributed by atoms with Crippen molar-refractivity contribution in [3.63, 3.8) is 0 Å². The molecule has 0 aliphatic carbocycles. The molecule has 0 spiro atoms. The number of ketones is 1. The summed E-state index contributed by atoms with van der Waals surface area (Å²) in [5.41, 5.74) is 5.59. The first-order valence-electron chi connectivity index (χ1n) is 10.0. The molecular formula is C25H22N2O3. The molecule has 30 heavy (non-hydrogen) atoms. The topological polar surface area (TPSA) is 51.7 Å². The third-order valence-electron chi connectivity index (χ3n) is 5.49. The van der Waals surface area contributed by atoms with E-state index in [1.807, 2.05) is 62.4 Å². The van der Waals surface area contributed by atoms with E-state index in [1.54, 1.807) is 12.3 Å². The Morgan fingerprint density at radius 1 is 1.10 bits per heavy atom. The Labute approximate surface area is 175 Å². The number of hydrogen-bond acceptors (Lipinski definition) is 5. The number of benzene rings is 2. The molecule has 3 heterocycles. The lowest BCUT2D eigenvalue weighted by Gasteiger charge is -2.30. The molecule has 150 valence electrons. The van der Waals surface area contributed by atoms with E-state index in [-0.39, 0.29) is 5.78 Å². The summed E-state index contributed by atoms with van der Waals surface area (Å²) in [4.78, 5) is 19.6. The van der Waals surface area contributed by atoms with Crippen LogP contribution in [0.1, 0.15) is 38.3 Å². The van der Waals surface area contributed by atoms with Gasteiger partial charge in [-0.05, 0) is 43.7 Å². The number of Topliss-reactive ketones (excluding diaryl/α,β-unsaturated/α-hetero) is 1. The van der Waals surface area contributed by atoms with Gasteiger partial charge in [-0.3, -0.25) is 14.7 Å². The highest BCUT2D eigenvalue weighted by Crippen LogP contribution is 2.43. The number of hydrogen-bond donors (Lipinski definition) is 0. The van der Waals surface area contributed by atoms with E-state index < -0.39 is 0 Å². The zero-order valence-corrected chi connectivity index (χ0v) is 17.0. The molecule has 5 nitrogen and oxygen atoms in total. The molecule has 1 aromatic heterocycles. The van der Waals surface area contributed by atoms with Crippen molar-refractivity contribution in [2.75, 3.05) is 6.73 Å². The maximum Gasteiger partial charge on any atom is 0.231 e. The molecule has 2 aliphatic rings. The van der Waals surface area contributed by atoms with Crippen LogP contribution >= 0.6 is 0 Å². The Morgan fingerprint density at radius 2 is 1.93 bits per heavy atom. The molecule has 2 aromatic carbocycles. The third kappa shape index (κ3) is 3.37. The monoisotopic (exact) mass is 398 g/mol. The summed E-state index contributed by atoms with van der Waals surface area (Å²) in [5, 5.41) is 0. The van der Waals surface area contributed by atoms with Crippen LogP contribution < -0.4 is 9.47 Å². The van der Waals surface area contributed by atoms with Crippen LogP contribution in [0.2, 0.25) is 0 Å². The first-order valence-corrected chi connectivity index (χ1v) is 10.0. The minimum absolute atomic E-state index is 0.0849. The summed E-state index contributed by atoms with van der Waals surface area (Å²) in [6.07, 6.45) is 3.59. The van der Waals surface area contributed by atoms with Crippen molar-refractivity contribution in [1.82, 2.24) is 9.88 Å². The molecule has 0 bridgehead atoms. The van der Waals surface area contributed by atoms with Crippen LogP contribution in [0.4, 0.5) is 0 Å². The van der Waals surface area contributed by atoms with Crippen LogP contribution in [0.3, 0.4) is 0 Å². The molecular weight excluding hydrogens is 376 g/mol. The predicted octanol–water partition coefficient (Wildman–Crippen LogP) is 4.67. The molecule has 5 rings (SSSR count). The minimum atomic E-state index is -0.0849. The first-order chi connectivity index (χ1) is 14.6. The van der Waals surface area contributed by atoms with Gasteiger partial charge in [0.1, 0.15) is 18.2 Å². The highest BCUT2D eigenvalue weighted by atomic mass is 16.5. The zero-order chi connectivity index (χ0) is 20.7. The van der Waals surface area contributed by atoms with Crippen LogP contribution in [0.15, 0.2) is 60.5 Å². The van der Waals surface area contributed by atoms with Crippen LogP contribution in [0, 0.1) is 13.8 Å². The Kier molecular flexibility index (Phi) is 4.60. The molecule has 0 unspecified atom stereocenters. The summed E-state index contributed by atoms with van der Waals surface area (Å²) in [6, 6.07) is 15.8. The van der Waals surface area contributed by atoms with Crippen LogP contribution in [-0.4, -0.2) is 22.4 Å². The van der Waals surface area contributed by atoms with Crippen molar-refractivity contribution < 1.29 is 14.3 Å². The fourth-order valence-corrected chi connectivity index (χ4v) is 3.93. The number of rotatable bonds is 3. The number of allylic oxidation sites excluding steroid dienone is 1. The Hall–Kier alpha value is -3.44. The van der Waals surface area contributed by atoms with E-state index >= 15 is 0 Å². The Morgan fingerprint density at radius 3 is 2.70 bits per heavy atom. The van der Waals surface area contributed by atoms with Gasteiger partial charge in [0.05, 0.1) is 11.3 Å². The minimum Gasteiger partial charge on any atom is -0.477 e. The van der Waals surface area contributed by atoms with Gasteiger partial charge in [-0.2, -0.15) is 0 Å². The van der Waals surface area contributed by atoms with E-state index in [2.05, 4.69) is 9.88 Å². The highest BCUT2D eigenvalue weighted by molar-refractivity contribution is 6.15. The second-order valence-corrected chi connectivity index (χ2v) is 7.80. The molecule has 3 aromatic rings. The van der Waals surface area contributed by atoms with Crippen LogP contribution in [0.25, 0.3) is 6.08 Å². The van der Waals surface area contributed by atoms with Crippen molar-refractivity contribution >= 4 is 11.9 Å². The quantitative estimate of drug-likeness (QED) is 0.600. The lowest BCUT2D eigenvalue weighted by atomic mass is 10.00. The predicted molar refractivity (Wildman–Crippen MR) is 114 cm³/mol. The molecule has 0 saturated carbocycles. The van der Waals surface area contributed by atoms with E-state index in [4.69, 9.17) is 9.47 Å². The number of aromatic nitrogens is 1. The standard InChI is InChI=1S/C25H22N2O3/c1-16-6-8-18(9-7-16)11-22-23(28)21-12-19-13-27(14-20-5-3-4-10-26-20)15-29-24(19)17(2)25(21)30-22/h3-12H,13-15H2,1-2H3/b22-11-. The molecule has 0 saturated heterocycles. The van der Waals surface area contributed by atoms with Crippen LogP contribution in [0.5, 0.6) is 11.5 Å². The van der Waals surface area contributed by atoms with Crippen molar-refractivity contribution in [1.29, 1.82) is 0 Å². The highest BCUT2D eigenvalue weighted by Gasteiger charge is 2.33. The van der Waals surface area contributed by atoms with Crippen molar-refractivity contribution in [2.24, 2.45) is 0 Å². The molecule has 5 heteroatoms. The number of carbonyl (C=O) groups is 1. The summed E-state index contributed by atoms with van der Waals surface area (Å²) < 4.78 is 12.0. The van der Waals surface area contributed by atoms with Gasteiger partial charge >= 0.3 is 0 Å².